The second-order valence-electron chi connectivity index (χ2n) is 4.36. The van der Waals surface area contributed by atoms with Crippen LogP contribution in [-0.4, -0.2) is 6.54 Å². The highest BCUT2D eigenvalue weighted by Crippen LogP contribution is 2.18. The molecule has 0 unspecified atom stereocenters. The summed E-state index contributed by atoms with van der Waals surface area (Å²) < 4.78 is 0. The Hall–Kier alpha value is -0.980. The highest BCUT2D eigenvalue weighted by molar-refractivity contribution is 5.53. The minimum atomic E-state index is 0.771. The van der Waals surface area contributed by atoms with Gasteiger partial charge in [-0.3, -0.25) is 0 Å². The molecule has 1 N–H and O–H groups in total. The van der Waals surface area contributed by atoms with Crippen molar-refractivity contribution in [1.82, 2.24) is 0 Å². The minimum Gasteiger partial charge on any atom is -0.385 e. The van der Waals surface area contributed by atoms with Crippen molar-refractivity contribution in [1.29, 1.82) is 0 Å². The van der Waals surface area contributed by atoms with Crippen LogP contribution in [0.4, 0.5) is 5.69 Å². The maximum atomic E-state index is 3.49. The van der Waals surface area contributed by atoms with E-state index in [-0.39, 0.29) is 0 Å². The first kappa shape index (κ1) is 11.1. The van der Waals surface area contributed by atoms with Gasteiger partial charge in [0.1, 0.15) is 0 Å². The Morgan fingerprint density at radius 1 is 1.21 bits per heavy atom. The van der Waals surface area contributed by atoms with Gasteiger partial charge >= 0.3 is 0 Å². The summed E-state index contributed by atoms with van der Waals surface area (Å²) in [5.41, 5.74) is 4.02. The van der Waals surface area contributed by atoms with Crippen molar-refractivity contribution >= 4 is 5.69 Å². The number of rotatable bonds is 4. The fraction of sp³-hybridized carbons (Fsp3) is 0.538. The minimum absolute atomic E-state index is 0.771. The molecule has 14 heavy (non-hydrogen) atoms. The highest BCUT2D eigenvalue weighted by Gasteiger charge is 1.99. The summed E-state index contributed by atoms with van der Waals surface area (Å²) >= 11 is 0. The Balaban J connectivity index is 2.54. The first-order valence-electron chi connectivity index (χ1n) is 5.41. The van der Waals surface area contributed by atoms with E-state index in [9.17, 15) is 0 Å². The van der Waals surface area contributed by atoms with E-state index in [0.29, 0.717) is 0 Å². The molecule has 0 heterocycles. The molecule has 0 fully saturated rings. The van der Waals surface area contributed by atoms with E-state index >= 15 is 0 Å². The second kappa shape index (κ2) is 5.04. The van der Waals surface area contributed by atoms with Crippen LogP contribution < -0.4 is 5.32 Å². The molecule has 0 atom stereocenters. The smallest absolute Gasteiger partial charge is 0.0372 e. The second-order valence-corrected chi connectivity index (χ2v) is 4.36. The van der Waals surface area contributed by atoms with E-state index in [0.717, 1.165) is 12.5 Å². The van der Waals surface area contributed by atoms with Crippen molar-refractivity contribution in [3.63, 3.8) is 0 Å². The number of hydrogen-bond donors (Lipinski definition) is 1. The van der Waals surface area contributed by atoms with Crippen molar-refractivity contribution in [3.8, 4) is 0 Å². The zero-order chi connectivity index (χ0) is 10.6. The van der Waals surface area contributed by atoms with Gasteiger partial charge in [0.2, 0.25) is 0 Å². The van der Waals surface area contributed by atoms with Crippen LogP contribution in [0.2, 0.25) is 0 Å². The number of benzene rings is 1. The quantitative estimate of drug-likeness (QED) is 0.764. The molecule has 0 saturated heterocycles. The molecule has 0 aliphatic rings. The molecular weight excluding hydrogens is 170 g/mol. The van der Waals surface area contributed by atoms with Crippen LogP contribution in [0.3, 0.4) is 0 Å². The summed E-state index contributed by atoms with van der Waals surface area (Å²) in [6, 6.07) is 6.42. The Kier molecular flexibility index (Phi) is 3.99. The topological polar surface area (TPSA) is 12.0 Å². The van der Waals surface area contributed by atoms with E-state index in [4.69, 9.17) is 0 Å². The lowest BCUT2D eigenvalue weighted by atomic mass is 10.1. The predicted octanol–water partition coefficient (Wildman–Crippen LogP) is 3.76. The summed E-state index contributed by atoms with van der Waals surface area (Å²) in [5, 5.41) is 3.49. The molecule has 0 aliphatic heterocycles. The van der Waals surface area contributed by atoms with Crippen molar-refractivity contribution in [3.05, 3.63) is 29.3 Å². The molecule has 1 heteroatoms. The van der Waals surface area contributed by atoms with Crippen LogP contribution in [0, 0.1) is 19.8 Å². The number of hydrogen-bond acceptors (Lipinski definition) is 1. The third kappa shape index (κ3) is 3.06. The fourth-order valence-electron chi connectivity index (χ4n) is 1.44. The van der Waals surface area contributed by atoms with Gasteiger partial charge in [-0.15, -0.1) is 0 Å². The maximum absolute atomic E-state index is 3.49. The largest absolute Gasteiger partial charge is 0.385 e. The monoisotopic (exact) mass is 191 g/mol. The molecule has 0 radical (unpaired) electrons. The van der Waals surface area contributed by atoms with E-state index in [1.807, 2.05) is 0 Å². The van der Waals surface area contributed by atoms with Crippen LogP contribution in [-0.2, 0) is 0 Å². The average Bonchev–Trinajstić information content (AvgIpc) is 2.12. The summed E-state index contributed by atoms with van der Waals surface area (Å²) in [7, 11) is 0. The maximum Gasteiger partial charge on any atom is 0.0372 e. The summed E-state index contributed by atoms with van der Waals surface area (Å²) in [5.74, 6) is 0.771. The van der Waals surface area contributed by atoms with E-state index in [1.54, 1.807) is 0 Å². The third-order valence-corrected chi connectivity index (χ3v) is 2.64. The lowest BCUT2D eigenvalue weighted by molar-refractivity contribution is 0.607. The van der Waals surface area contributed by atoms with Gasteiger partial charge in [0, 0.05) is 12.2 Å². The molecule has 1 rings (SSSR count). The van der Waals surface area contributed by atoms with Gasteiger partial charge in [-0.05, 0) is 43.4 Å². The lowest BCUT2D eigenvalue weighted by Gasteiger charge is -2.12. The van der Waals surface area contributed by atoms with Crippen molar-refractivity contribution < 1.29 is 0 Å². The SMILES string of the molecule is Cc1cccc(NCCC(C)C)c1C. The molecule has 1 aromatic rings. The molecular formula is C13H21N. The zero-order valence-electron chi connectivity index (χ0n) is 9.72. The highest BCUT2D eigenvalue weighted by atomic mass is 14.9. The van der Waals surface area contributed by atoms with E-state index < -0.39 is 0 Å². The van der Waals surface area contributed by atoms with E-state index in [1.165, 1.54) is 23.2 Å². The van der Waals surface area contributed by atoms with Crippen molar-refractivity contribution in [2.24, 2.45) is 5.92 Å². The van der Waals surface area contributed by atoms with Gasteiger partial charge in [-0.1, -0.05) is 26.0 Å². The van der Waals surface area contributed by atoms with Gasteiger partial charge < -0.3 is 5.32 Å². The average molecular weight is 191 g/mol. The molecule has 0 aliphatic carbocycles. The normalized spacial score (nSPS) is 10.6. The van der Waals surface area contributed by atoms with Gasteiger partial charge in [0.25, 0.3) is 0 Å². The van der Waals surface area contributed by atoms with Gasteiger partial charge in [0.15, 0.2) is 0 Å². The molecule has 0 amide bonds. The molecule has 1 aromatic carbocycles. The molecule has 78 valence electrons. The van der Waals surface area contributed by atoms with Gasteiger partial charge in [-0.2, -0.15) is 0 Å². The lowest BCUT2D eigenvalue weighted by Crippen LogP contribution is -2.06. The van der Waals surface area contributed by atoms with Crippen LogP contribution in [0.5, 0.6) is 0 Å². The third-order valence-electron chi connectivity index (χ3n) is 2.64. The molecule has 0 aromatic heterocycles. The first-order chi connectivity index (χ1) is 6.61. The van der Waals surface area contributed by atoms with Gasteiger partial charge in [0.05, 0.1) is 0 Å². The number of nitrogens with one attached hydrogen (secondary N) is 1. The fourth-order valence-corrected chi connectivity index (χ4v) is 1.44. The van der Waals surface area contributed by atoms with Crippen LogP contribution in [0.1, 0.15) is 31.4 Å². The zero-order valence-corrected chi connectivity index (χ0v) is 9.72. The summed E-state index contributed by atoms with van der Waals surface area (Å²) in [6.07, 6.45) is 1.23. The molecule has 1 nitrogen and oxygen atoms in total. The van der Waals surface area contributed by atoms with Crippen LogP contribution in [0.25, 0.3) is 0 Å². The number of aryl methyl sites for hydroxylation is 1. The first-order valence-corrected chi connectivity index (χ1v) is 5.41. The molecule has 0 saturated carbocycles. The standard InChI is InChI=1S/C13H21N/c1-10(2)8-9-14-13-7-5-6-11(3)12(13)4/h5-7,10,14H,8-9H2,1-4H3. The van der Waals surface area contributed by atoms with Gasteiger partial charge in [-0.25, -0.2) is 0 Å². The van der Waals surface area contributed by atoms with Crippen molar-refractivity contribution in [2.45, 2.75) is 34.1 Å². The molecule has 0 spiro atoms. The Bertz CT molecular complexity index is 289. The van der Waals surface area contributed by atoms with Crippen molar-refractivity contribution in [2.75, 3.05) is 11.9 Å². The Morgan fingerprint density at radius 2 is 1.93 bits per heavy atom. The number of anilines is 1. The molecule has 0 bridgehead atoms. The summed E-state index contributed by atoms with van der Waals surface area (Å²) in [6.45, 7) is 9.91. The Morgan fingerprint density at radius 3 is 2.57 bits per heavy atom. The summed E-state index contributed by atoms with van der Waals surface area (Å²) in [4.78, 5) is 0. The van der Waals surface area contributed by atoms with E-state index in [2.05, 4.69) is 51.2 Å². The predicted molar refractivity (Wildman–Crippen MR) is 63.9 cm³/mol. The van der Waals surface area contributed by atoms with Crippen LogP contribution >= 0.6 is 0 Å². The Labute approximate surface area is 87.5 Å². The van der Waals surface area contributed by atoms with Crippen LogP contribution in [0.15, 0.2) is 18.2 Å².